The molecule has 5 aromatic rings. The van der Waals surface area contributed by atoms with Crippen LogP contribution in [0.4, 0.5) is 14.6 Å². The predicted molar refractivity (Wildman–Crippen MR) is 159 cm³/mol. The number of anilines is 1. The Morgan fingerprint density at radius 2 is 1.95 bits per heavy atom. The Balaban J connectivity index is 1.13. The summed E-state index contributed by atoms with van der Waals surface area (Å²) < 4.78 is 34.8. The molecular weight excluding hydrogens is 552 g/mol. The number of hydrogen-bond acceptors (Lipinski definition) is 7. The first-order valence-corrected chi connectivity index (χ1v) is 14.3. The quantitative estimate of drug-likeness (QED) is 0.260. The third kappa shape index (κ3) is 4.84. The summed E-state index contributed by atoms with van der Waals surface area (Å²) >= 11 is 0. The molecule has 2 aromatic carbocycles. The van der Waals surface area contributed by atoms with Gasteiger partial charge in [-0.1, -0.05) is 12.1 Å². The minimum absolute atomic E-state index is 0.00644. The van der Waals surface area contributed by atoms with Crippen molar-refractivity contribution in [3.63, 3.8) is 0 Å². The van der Waals surface area contributed by atoms with Crippen LogP contribution >= 0.6 is 0 Å². The SMILES string of the molecule is Cc1cc(Oc2c(F)cccc2F)ncc1-n1ncc(C(=O)c2cc3c4c(ccc3[nH]2)CCN(CC2CCN2C)C4)c1N. The summed E-state index contributed by atoms with van der Waals surface area (Å²) in [4.78, 5) is 26.1. The molecule has 7 rings (SSSR count). The monoisotopic (exact) mass is 583 g/mol. The van der Waals surface area contributed by atoms with Crippen LogP contribution in [0.25, 0.3) is 16.6 Å². The van der Waals surface area contributed by atoms with E-state index in [-0.39, 0.29) is 23.0 Å². The summed E-state index contributed by atoms with van der Waals surface area (Å²) in [5.74, 6) is -2.31. The molecule has 1 saturated heterocycles. The van der Waals surface area contributed by atoms with Gasteiger partial charge in [-0.25, -0.2) is 18.4 Å². The van der Waals surface area contributed by atoms with E-state index in [1.54, 1.807) is 6.92 Å². The molecular formula is C32H31F2N7O2. The van der Waals surface area contributed by atoms with Crippen molar-refractivity contribution < 1.29 is 18.3 Å². The molecule has 5 heterocycles. The molecule has 220 valence electrons. The van der Waals surface area contributed by atoms with Crippen LogP contribution in [0.2, 0.25) is 0 Å². The van der Waals surface area contributed by atoms with Crippen molar-refractivity contribution in [2.75, 3.05) is 32.4 Å². The number of halogens is 2. The van der Waals surface area contributed by atoms with Crippen LogP contribution in [0, 0.1) is 18.6 Å². The standard InChI is InChI=1S/C32H31F2N7O2/c1-18-12-29(43-31-24(33)4-3-5-25(31)34)36-15-28(18)41-32(35)22(14-37-41)30(42)27-13-21-23-17-40(16-20-9-10-39(20)2)11-8-19(23)6-7-26(21)38-27/h3-7,12-15,20,38H,8-11,16-17,35H2,1-2H3. The van der Waals surface area contributed by atoms with Crippen LogP contribution in [0.5, 0.6) is 11.6 Å². The minimum atomic E-state index is -0.834. The van der Waals surface area contributed by atoms with Gasteiger partial charge in [0.15, 0.2) is 11.6 Å². The van der Waals surface area contributed by atoms with E-state index in [1.807, 2.05) is 12.1 Å². The third-order valence-corrected chi connectivity index (χ3v) is 8.71. The number of likely N-dealkylation sites (tertiary alicyclic amines) is 1. The Kier molecular flexibility index (Phi) is 6.71. The molecule has 0 bridgehead atoms. The zero-order valence-electron chi connectivity index (χ0n) is 23.9. The van der Waals surface area contributed by atoms with Gasteiger partial charge in [0.1, 0.15) is 5.82 Å². The first-order valence-electron chi connectivity index (χ1n) is 14.3. The van der Waals surface area contributed by atoms with E-state index in [0.717, 1.165) is 55.6 Å². The molecule has 1 unspecified atom stereocenters. The molecule has 3 aromatic heterocycles. The fourth-order valence-electron chi connectivity index (χ4n) is 6.04. The van der Waals surface area contributed by atoms with Gasteiger partial charge in [0.25, 0.3) is 0 Å². The number of benzene rings is 2. The van der Waals surface area contributed by atoms with Crippen molar-refractivity contribution in [2.24, 2.45) is 0 Å². The molecule has 9 nitrogen and oxygen atoms in total. The number of carbonyl (C=O) groups excluding carboxylic acids is 1. The van der Waals surface area contributed by atoms with E-state index >= 15 is 0 Å². The first-order chi connectivity index (χ1) is 20.8. The lowest BCUT2D eigenvalue weighted by molar-refractivity contribution is 0.0774. The maximum absolute atomic E-state index is 14.0. The number of nitrogens with two attached hydrogens (primary N) is 1. The van der Waals surface area contributed by atoms with Gasteiger partial charge in [0, 0.05) is 42.6 Å². The minimum Gasteiger partial charge on any atom is -0.433 e. The largest absolute Gasteiger partial charge is 0.433 e. The molecule has 0 spiro atoms. The number of nitrogen functional groups attached to an aromatic ring is 1. The van der Waals surface area contributed by atoms with Gasteiger partial charge in [-0.05, 0) is 74.3 Å². The van der Waals surface area contributed by atoms with Gasteiger partial charge in [-0.3, -0.25) is 9.69 Å². The number of ether oxygens (including phenoxy) is 1. The number of aryl methyl sites for hydroxylation is 1. The highest BCUT2D eigenvalue weighted by Crippen LogP contribution is 2.32. The zero-order chi connectivity index (χ0) is 29.8. The van der Waals surface area contributed by atoms with E-state index in [4.69, 9.17) is 10.5 Å². The highest BCUT2D eigenvalue weighted by molar-refractivity contribution is 6.12. The van der Waals surface area contributed by atoms with Crippen molar-refractivity contribution >= 4 is 22.5 Å². The van der Waals surface area contributed by atoms with Gasteiger partial charge < -0.3 is 20.4 Å². The van der Waals surface area contributed by atoms with Crippen LogP contribution in [0.1, 0.15) is 39.2 Å². The summed E-state index contributed by atoms with van der Waals surface area (Å²) in [6, 6.07) is 11.7. The van der Waals surface area contributed by atoms with Crippen LogP contribution in [-0.2, 0) is 13.0 Å². The summed E-state index contributed by atoms with van der Waals surface area (Å²) in [6.45, 7) is 5.88. The molecule has 2 aliphatic heterocycles. The number of fused-ring (bicyclic) bond motifs is 3. The number of likely N-dealkylation sites (N-methyl/N-ethyl adjacent to an activating group) is 1. The molecule has 2 aliphatic rings. The number of para-hydroxylation sites is 1. The first kappa shape index (κ1) is 27.2. The number of ketones is 1. The molecule has 1 fully saturated rings. The average Bonchev–Trinajstić information content (AvgIpc) is 3.61. The Bertz CT molecular complexity index is 1860. The van der Waals surface area contributed by atoms with E-state index < -0.39 is 17.4 Å². The van der Waals surface area contributed by atoms with E-state index in [2.05, 4.69) is 38.0 Å². The average molecular weight is 584 g/mol. The lowest BCUT2D eigenvalue weighted by atomic mass is 9.95. The number of H-pyrrole nitrogens is 1. The highest BCUT2D eigenvalue weighted by Gasteiger charge is 2.29. The Morgan fingerprint density at radius 3 is 2.67 bits per heavy atom. The second-order valence-corrected chi connectivity index (χ2v) is 11.4. The lowest BCUT2D eigenvalue weighted by Gasteiger charge is -2.42. The highest BCUT2D eigenvalue weighted by atomic mass is 19.1. The number of pyridine rings is 1. The Hall–Kier alpha value is -4.61. The Labute approximate surface area is 246 Å². The van der Waals surface area contributed by atoms with Gasteiger partial charge in [-0.2, -0.15) is 5.10 Å². The second-order valence-electron chi connectivity index (χ2n) is 11.4. The molecule has 11 heteroatoms. The number of hydrogen-bond donors (Lipinski definition) is 2. The maximum atomic E-state index is 14.0. The topological polar surface area (TPSA) is 105 Å². The molecule has 3 N–H and O–H groups in total. The maximum Gasteiger partial charge on any atom is 0.219 e. The van der Waals surface area contributed by atoms with Crippen LogP contribution < -0.4 is 10.5 Å². The van der Waals surface area contributed by atoms with Crippen molar-refractivity contribution in [3.05, 3.63) is 94.4 Å². The van der Waals surface area contributed by atoms with Gasteiger partial charge in [-0.15, -0.1) is 0 Å². The summed E-state index contributed by atoms with van der Waals surface area (Å²) in [5, 5.41) is 5.42. The summed E-state index contributed by atoms with van der Waals surface area (Å²) in [5.41, 5.74) is 11.8. The summed E-state index contributed by atoms with van der Waals surface area (Å²) in [7, 11) is 2.18. The molecule has 1 atom stereocenters. The predicted octanol–water partition coefficient (Wildman–Crippen LogP) is 5.00. The Morgan fingerprint density at radius 1 is 1.14 bits per heavy atom. The van der Waals surface area contributed by atoms with Crippen LogP contribution in [-0.4, -0.2) is 68.1 Å². The van der Waals surface area contributed by atoms with Gasteiger partial charge in [0.2, 0.25) is 17.4 Å². The molecule has 0 radical (unpaired) electrons. The van der Waals surface area contributed by atoms with Crippen molar-refractivity contribution in [1.29, 1.82) is 0 Å². The van der Waals surface area contributed by atoms with E-state index in [9.17, 15) is 13.6 Å². The number of nitrogens with zero attached hydrogens (tertiary/aromatic N) is 5. The van der Waals surface area contributed by atoms with E-state index in [0.29, 0.717) is 23.0 Å². The van der Waals surface area contributed by atoms with Gasteiger partial charge >= 0.3 is 0 Å². The number of carbonyl (C=O) groups is 1. The molecule has 0 saturated carbocycles. The number of rotatable bonds is 7. The fourth-order valence-corrected chi connectivity index (χ4v) is 6.04. The zero-order valence-corrected chi connectivity index (χ0v) is 23.9. The van der Waals surface area contributed by atoms with Crippen molar-refractivity contribution in [1.82, 2.24) is 29.5 Å². The lowest BCUT2D eigenvalue weighted by Crippen LogP contribution is -2.51. The molecule has 0 amide bonds. The number of nitrogens with one attached hydrogen (secondary N) is 1. The van der Waals surface area contributed by atoms with E-state index in [1.165, 1.54) is 46.8 Å². The van der Waals surface area contributed by atoms with Crippen LogP contribution in [0.3, 0.4) is 0 Å². The smallest absolute Gasteiger partial charge is 0.219 e. The number of aromatic amines is 1. The normalized spacial score (nSPS) is 17.2. The molecule has 43 heavy (non-hydrogen) atoms. The molecule has 0 aliphatic carbocycles. The second kappa shape index (κ2) is 10.6. The van der Waals surface area contributed by atoms with Gasteiger partial charge in [0.05, 0.1) is 29.3 Å². The van der Waals surface area contributed by atoms with Crippen molar-refractivity contribution in [3.8, 4) is 17.3 Å². The fraction of sp³-hybridized carbons (Fsp3) is 0.281. The van der Waals surface area contributed by atoms with Crippen molar-refractivity contribution in [2.45, 2.75) is 32.4 Å². The van der Waals surface area contributed by atoms with Crippen LogP contribution in [0.15, 0.2) is 54.9 Å². The summed E-state index contributed by atoms with van der Waals surface area (Å²) in [6.07, 6.45) is 5.10. The number of aromatic nitrogens is 4. The third-order valence-electron chi connectivity index (χ3n) is 8.71.